The monoisotopic (exact) mass is 344 g/mol. The second kappa shape index (κ2) is 8.21. The summed E-state index contributed by atoms with van der Waals surface area (Å²) in [6, 6.07) is 0. The fraction of sp³-hybridized carbons (Fsp3) is 0.750. The number of carboxylic acids is 1. The maximum atomic E-state index is 10.8. The molecule has 5 N–H and O–H groups in total. The molecule has 8 atom stereocenters. The third kappa shape index (κ3) is 4.42. The van der Waals surface area contributed by atoms with E-state index in [1.54, 1.807) is 0 Å². The fourth-order valence-electron chi connectivity index (χ4n) is 2.19. The molecule has 2 rings (SSSR count). The third-order valence-electron chi connectivity index (χ3n) is 3.49. The Morgan fingerprint density at radius 2 is 1.78 bits per heavy atom. The number of carbonyl (C=O) groups excluding carboxylic acids is 1. The first kappa shape index (κ1) is 20.8. The van der Waals surface area contributed by atoms with Gasteiger partial charge in [0.05, 0.1) is 6.10 Å². The molecule has 0 aromatic heterocycles. The van der Waals surface area contributed by atoms with Crippen LogP contribution in [0.15, 0.2) is 11.8 Å². The minimum Gasteiger partial charge on any atom is -0.542 e. The van der Waals surface area contributed by atoms with Gasteiger partial charge in [-0.05, 0) is 13.0 Å². The zero-order valence-electron chi connectivity index (χ0n) is 12.5. The predicted octanol–water partition coefficient (Wildman–Crippen LogP) is -7.45. The molecule has 2 aliphatic rings. The predicted molar refractivity (Wildman–Crippen MR) is 63.4 cm³/mol. The van der Waals surface area contributed by atoms with Crippen molar-refractivity contribution in [1.29, 1.82) is 0 Å². The molecule has 2 heterocycles. The van der Waals surface area contributed by atoms with Crippen LogP contribution >= 0.6 is 0 Å². The van der Waals surface area contributed by atoms with Gasteiger partial charge in [-0.3, -0.25) is 0 Å². The van der Waals surface area contributed by atoms with E-state index in [2.05, 4.69) is 0 Å². The smallest absolute Gasteiger partial charge is 0.542 e. The van der Waals surface area contributed by atoms with Crippen LogP contribution < -0.4 is 34.7 Å². The van der Waals surface area contributed by atoms with Crippen LogP contribution in [0.3, 0.4) is 0 Å². The first-order chi connectivity index (χ1) is 10.2. The average Bonchev–Trinajstić information content (AvgIpc) is 2.45. The van der Waals surface area contributed by atoms with Crippen molar-refractivity contribution in [3.63, 3.8) is 0 Å². The summed E-state index contributed by atoms with van der Waals surface area (Å²) in [5, 5.41) is 59.3. The largest absolute Gasteiger partial charge is 1.00 e. The molecule has 0 spiro atoms. The van der Waals surface area contributed by atoms with Gasteiger partial charge in [0.1, 0.15) is 42.2 Å². The number of aliphatic hydroxyl groups is 5. The van der Waals surface area contributed by atoms with Crippen LogP contribution in [0.5, 0.6) is 0 Å². The molecule has 0 aliphatic carbocycles. The summed E-state index contributed by atoms with van der Waals surface area (Å²) >= 11 is 0. The molecule has 0 radical (unpaired) electrons. The van der Waals surface area contributed by atoms with Crippen LogP contribution in [0, 0.1) is 0 Å². The molecule has 2 aliphatic heterocycles. The Kier molecular flexibility index (Phi) is 7.41. The van der Waals surface area contributed by atoms with E-state index in [1.807, 2.05) is 0 Å². The number of hydrogen-bond acceptors (Lipinski definition) is 10. The van der Waals surface area contributed by atoms with E-state index in [-0.39, 0.29) is 29.6 Å². The van der Waals surface area contributed by atoms with Gasteiger partial charge in [-0.2, -0.15) is 0 Å². The first-order valence-electron chi connectivity index (χ1n) is 6.53. The maximum Gasteiger partial charge on any atom is 1.00 e. The van der Waals surface area contributed by atoms with Gasteiger partial charge >= 0.3 is 29.6 Å². The second-order valence-corrected chi connectivity index (χ2v) is 5.10. The van der Waals surface area contributed by atoms with E-state index in [4.69, 9.17) is 14.2 Å². The van der Waals surface area contributed by atoms with Gasteiger partial charge in [0.2, 0.25) is 6.29 Å². The number of rotatable bonds is 3. The van der Waals surface area contributed by atoms with E-state index in [9.17, 15) is 35.4 Å². The van der Waals surface area contributed by atoms with Gasteiger partial charge in [-0.15, -0.1) is 0 Å². The van der Waals surface area contributed by atoms with E-state index in [0.717, 1.165) is 6.08 Å². The van der Waals surface area contributed by atoms with Crippen molar-refractivity contribution in [2.75, 3.05) is 0 Å². The van der Waals surface area contributed by atoms with E-state index in [0.29, 0.717) is 0 Å². The summed E-state index contributed by atoms with van der Waals surface area (Å²) in [6.07, 6.45) is -11.3. The van der Waals surface area contributed by atoms with Gasteiger partial charge < -0.3 is 49.6 Å². The standard InChI is InChI=1S/C12H18O10.Na/c1-3-6(14)8(16)9(11(19)20-3)22-12-7(15)4(13)2-5(21-12)10(17)18;/h2-4,6-9,11-16,19H,1H3,(H,17,18);/q;+1/p-1. The molecule has 1 saturated heterocycles. The van der Waals surface area contributed by atoms with Crippen LogP contribution in [-0.2, 0) is 19.0 Å². The zero-order valence-corrected chi connectivity index (χ0v) is 14.5. The van der Waals surface area contributed by atoms with E-state index < -0.39 is 60.9 Å². The molecule has 0 aromatic rings. The van der Waals surface area contributed by atoms with Crippen molar-refractivity contribution in [3.8, 4) is 0 Å². The van der Waals surface area contributed by atoms with Gasteiger partial charge in [0.25, 0.3) is 0 Å². The first-order valence-corrected chi connectivity index (χ1v) is 6.53. The van der Waals surface area contributed by atoms with Crippen molar-refractivity contribution < 1.29 is 79.2 Å². The molecule has 11 heteroatoms. The Labute approximate surface area is 153 Å². The topological polar surface area (TPSA) is 169 Å². The molecule has 0 bridgehead atoms. The molecular weight excluding hydrogens is 327 g/mol. The number of aliphatic hydroxyl groups excluding tert-OH is 5. The van der Waals surface area contributed by atoms with E-state index >= 15 is 0 Å². The Balaban J connectivity index is 0.00000264. The molecule has 1 fully saturated rings. The summed E-state index contributed by atoms with van der Waals surface area (Å²) in [5.74, 6) is -2.51. The van der Waals surface area contributed by atoms with Gasteiger partial charge in [0, 0.05) is 0 Å². The molecule has 8 unspecified atom stereocenters. The van der Waals surface area contributed by atoms with Gasteiger partial charge in [0.15, 0.2) is 6.29 Å². The van der Waals surface area contributed by atoms with Crippen molar-refractivity contribution in [1.82, 2.24) is 0 Å². The molecule has 23 heavy (non-hydrogen) atoms. The zero-order chi connectivity index (χ0) is 16.6. The van der Waals surface area contributed by atoms with Gasteiger partial charge in [-0.25, -0.2) is 0 Å². The summed E-state index contributed by atoms with van der Waals surface area (Å²) in [6.45, 7) is 1.42. The Morgan fingerprint density at radius 1 is 1.17 bits per heavy atom. The Hall–Kier alpha value is -0.270. The molecule has 0 aromatic carbocycles. The molecule has 10 nitrogen and oxygen atoms in total. The number of carboxylic acid groups (broad SMARTS) is 1. The molecular formula is C12H17NaO10. The Morgan fingerprint density at radius 3 is 2.35 bits per heavy atom. The number of carbonyl (C=O) groups is 1. The van der Waals surface area contributed by atoms with Crippen LogP contribution in [0.2, 0.25) is 0 Å². The SMILES string of the molecule is CC1OC(O)C(OC2OC(C(=O)[O-])=CC(O)C2O)C(O)C1O.[Na+]. The molecule has 0 saturated carbocycles. The van der Waals surface area contributed by atoms with Crippen molar-refractivity contribution in [2.45, 2.75) is 56.1 Å². The van der Waals surface area contributed by atoms with Crippen molar-refractivity contribution >= 4 is 5.97 Å². The number of ether oxygens (including phenoxy) is 3. The van der Waals surface area contributed by atoms with Crippen LogP contribution in [0.25, 0.3) is 0 Å². The number of hydrogen-bond donors (Lipinski definition) is 5. The fourth-order valence-corrected chi connectivity index (χ4v) is 2.19. The van der Waals surface area contributed by atoms with Crippen molar-refractivity contribution in [2.24, 2.45) is 0 Å². The van der Waals surface area contributed by atoms with Crippen LogP contribution in [0.1, 0.15) is 6.92 Å². The summed E-state index contributed by atoms with van der Waals surface area (Å²) < 4.78 is 14.8. The third-order valence-corrected chi connectivity index (χ3v) is 3.49. The minimum absolute atomic E-state index is 0. The second-order valence-electron chi connectivity index (χ2n) is 5.10. The summed E-state index contributed by atoms with van der Waals surface area (Å²) in [4.78, 5) is 10.8. The van der Waals surface area contributed by atoms with Crippen LogP contribution in [0.4, 0.5) is 0 Å². The van der Waals surface area contributed by atoms with Crippen molar-refractivity contribution in [3.05, 3.63) is 11.8 Å². The minimum atomic E-state index is -1.74. The summed E-state index contributed by atoms with van der Waals surface area (Å²) in [5.41, 5.74) is 0. The summed E-state index contributed by atoms with van der Waals surface area (Å²) in [7, 11) is 0. The maximum absolute atomic E-state index is 10.8. The normalized spacial score (nSPS) is 43.8. The average molecular weight is 344 g/mol. The quantitative estimate of drug-likeness (QED) is 0.310. The number of aliphatic carboxylic acids is 1. The Bertz CT molecular complexity index is 457. The van der Waals surface area contributed by atoms with Crippen LogP contribution in [-0.4, -0.2) is 80.7 Å². The van der Waals surface area contributed by atoms with E-state index in [1.165, 1.54) is 6.92 Å². The van der Waals surface area contributed by atoms with Gasteiger partial charge in [-0.1, -0.05) is 0 Å². The molecule has 0 amide bonds. The molecule has 126 valence electrons.